The summed E-state index contributed by atoms with van der Waals surface area (Å²) in [6.45, 7) is 6.21. The van der Waals surface area contributed by atoms with Gasteiger partial charge in [0.2, 0.25) is 17.6 Å². The number of piperidine rings is 1. The van der Waals surface area contributed by atoms with Crippen molar-refractivity contribution in [3.05, 3.63) is 0 Å². The first-order chi connectivity index (χ1) is 11.1. The highest BCUT2D eigenvalue weighted by Gasteiger charge is 2.69. The number of fused-ring (bicyclic) bond motifs is 1. The molecule has 4 atom stereocenters. The zero-order chi connectivity index (χ0) is 17.8. The van der Waals surface area contributed by atoms with Gasteiger partial charge < -0.3 is 16.0 Å². The number of nitrogens with two attached hydrogens (primary N) is 1. The van der Waals surface area contributed by atoms with Gasteiger partial charge in [-0.15, -0.1) is 0 Å². The highest BCUT2D eigenvalue weighted by atomic mass is 16.2. The van der Waals surface area contributed by atoms with Crippen LogP contribution in [0.5, 0.6) is 0 Å². The molecule has 1 saturated heterocycles. The van der Waals surface area contributed by atoms with Gasteiger partial charge in [0.25, 0.3) is 5.91 Å². The molecule has 0 aromatic rings. The molecule has 24 heavy (non-hydrogen) atoms. The molecule has 7 heteroatoms. The molecule has 3 N–H and O–H groups in total. The maximum Gasteiger partial charge on any atom is 0.287 e. The Kier molecular flexibility index (Phi) is 3.92. The number of hydrogen-bond acceptors (Lipinski definition) is 4. The lowest BCUT2D eigenvalue weighted by Gasteiger charge is -2.30. The second-order valence-electron chi connectivity index (χ2n) is 8.04. The first-order valence-electron chi connectivity index (χ1n) is 8.55. The Morgan fingerprint density at radius 2 is 1.88 bits per heavy atom. The Morgan fingerprint density at radius 3 is 2.38 bits per heavy atom. The van der Waals surface area contributed by atoms with E-state index in [2.05, 4.69) is 19.2 Å². The number of nitrogens with zero attached hydrogens (tertiary/aromatic N) is 1. The van der Waals surface area contributed by atoms with Crippen LogP contribution in [0.25, 0.3) is 0 Å². The number of likely N-dealkylation sites (tertiary alicyclic amines) is 1. The van der Waals surface area contributed by atoms with Gasteiger partial charge in [-0.3, -0.25) is 19.2 Å². The molecule has 0 aromatic heterocycles. The first-order valence-corrected chi connectivity index (χ1v) is 8.55. The number of carbonyl (C=O) groups is 4. The van der Waals surface area contributed by atoms with Crippen LogP contribution in [0.15, 0.2) is 0 Å². The lowest BCUT2D eigenvalue weighted by molar-refractivity contribution is -0.141. The van der Waals surface area contributed by atoms with Crippen LogP contribution in [0.4, 0.5) is 0 Å². The molecule has 2 aliphatic carbocycles. The average molecular weight is 335 g/mol. The smallest absolute Gasteiger partial charge is 0.287 e. The van der Waals surface area contributed by atoms with E-state index in [0.717, 1.165) is 12.8 Å². The van der Waals surface area contributed by atoms with E-state index in [4.69, 9.17) is 5.73 Å². The summed E-state index contributed by atoms with van der Waals surface area (Å²) in [6.07, 6.45) is 2.44. The fraction of sp³-hybridized carbons (Fsp3) is 0.765. The van der Waals surface area contributed by atoms with Crippen LogP contribution in [-0.2, 0) is 19.2 Å². The van der Waals surface area contributed by atoms with Gasteiger partial charge in [-0.05, 0) is 29.6 Å². The van der Waals surface area contributed by atoms with Crippen LogP contribution in [-0.4, -0.2) is 47.0 Å². The zero-order valence-corrected chi connectivity index (χ0v) is 14.4. The predicted octanol–water partition coefficient (Wildman–Crippen LogP) is -0.171. The number of ketones is 1. The Morgan fingerprint density at radius 1 is 1.25 bits per heavy atom. The maximum atomic E-state index is 12.8. The number of primary amides is 1. The normalized spacial score (nSPS) is 31.1. The molecule has 132 valence electrons. The highest BCUT2D eigenvalue weighted by molar-refractivity contribution is 6.37. The van der Waals surface area contributed by atoms with E-state index in [1.807, 2.05) is 0 Å². The fourth-order valence-corrected chi connectivity index (χ4v) is 4.26. The van der Waals surface area contributed by atoms with Gasteiger partial charge in [-0.25, -0.2) is 0 Å². The average Bonchev–Trinajstić information content (AvgIpc) is 3.32. The van der Waals surface area contributed by atoms with Crippen LogP contribution in [0.3, 0.4) is 0 Å². The van der Waals surface area contributed by atoms with Gasteiger partial charge in [-0.1, -0.05) is 26.7 Å². The van der Waals surface area contributed by atoms with Crippen molar-refractivity contribution in [3.63, 3.8) is 0 Å². The molecule has 1 aliphatic heterocycles. The quantitative estimate of drug-likeness (QED) is 0.657. The molecular formula is C17H25N3O4. The Bertz CT molecular complexity index is 611. The Labute approximate surface area is 141 Å². The number of rotatable bonds is 6. The van der Waals surface area contributed by atoms with Crippen molar-refractivity contribution in [1.29, 1.82) is 0 Å². The fourth-order valence-electron chi connectivity index (χ4n) is 4.26. The van der Waals surface area contributed by atoms with Crippen LogP contribution in [0, 0.1) is 23.2 Å². The van der Waals surface area contributed by atoms with Crippen LogP contribution in [0.1, 0.15) is 40.0 Å². The van der Waals surface area contributed by atoms with Crippen molar-refractivity contribution in [2.24, 2.45) is 28.9 Å². The van der Waals surface area contributed by atoms with Crippen LogP contribution in [0.2, 0.25) is 0 Å². The standard InChI is InChI=1S/C17H25N3O4/c1-8(21)20-7-10-12(17(10,2)3)13(20)16(24)19-11(6-9-4-5-9)14(22)15(18)23/h9-13H,4-7H2,1-3H3,(H2,18,23)(H,19,24)/t10-,11?,12-,13-/m0/s1. The minimum atomic E-state index is -1.03. The molecule has 3 rings (SSSR count). The molecular weight excluding hydrogens is 310 g/mol. The van der Waals surface area contributed by atoms with Gasteiger partial charge in [0.05, 0.1) is 6.04 Å². The minimum absolute atomic E-state index is 0.0215. The van der Waals surface area contributed by atoms with Gasteiger partial charge in [0, 0.05) is 13.5 Å². The lowest BCUT2D eigenvalue weighted by Crippen LogP contribution is -2.54. The van der Waals surface area contributed by atoms with Gasteiger partial charge >= 0.3 is 0 Å². The van der Waals surface area contributed by atoms with Crippen LogP contribution >= 0.6 is 0 Å². The summed E-state index contributed by atoms with van der Waals surface area (Å²) in [5, 5.41) is 2.71. The molecule has 2 saturated carbocycles. The van der Waals surface area contributed by atoms with Crippen molar-refractivity contribution in [3.8, 4) is 0 Å². The van der Waals surface area contributed by atoms with E-state index in [1.165, 1.54) is 6.92 Å². The predicted molar refractivity (Wildman–Crippen MR) is 85.4 cm³/mol. The van der Waals surface area contributed by atoms with Gasteiger partial charge in [-0.2, -0.15) is 0 Å². The third-order valence-electron chi connectivity index (χ3n) is 6.02. The van der Waals surface area contributed by atoms with E-state index in [-0.39, 0.29) is 23.1 Å². The molecule has 1 unspecified atom stereocenters. The zero-order valence-electron chi connectivity index (χ0n) is 14.4. The molecule has 0 aromatic carbocycles. The largest absolute Gasteiger partial charge is 0.363 e. The molecule has 0 radical (unpaired) electrons. The second kappa shape index (κ2) is 5.57. The molecule has 3 fully saturated rings. The number of nitrogens with one attached hydrogen (secondary N) is 1. The molecule has 3 amide bonds. The lowest BCUT2D eigenvalue weighted by atomic mass is 9.99. The first kappa shape index (κ1) is 16.9. The Hall–Kier alpha value is -1.92. The summed E-state index contributed by atoms with van der Waals surface area (Å²) in [5.74, 6) is -1.50. The molecule has 0 spiro atoms. The number of amides is 3. The van der Waals surface area contributed by atoms with Crippen molar-refractivity contribution < 1.29 is 19.2 Å². The van der Waals surface area contributed by atoms with Crippen molar-refractivity contribution >= 4 is 23.5 Å². The third-order valence-corrected chi connectivity index (χ3v) is 6.02. The monoisotopic (exact) mass is 335 g/mol. The van der Waals surface area contributed by atoms with E-state index < -0.39 is 23.8 Å². The number of carbonyl (C=O) groups excluding carboxylic acids is 4. The topological polar surface area (TPSA) is 110 Å². The molecule has 3 aliphatic rings. The van der Waals surface area contributed by atoms with Gasteiger partial charge in [0.15, 0.2) is 0 Å². The van der Waals surface area contributed by atoms with E-state index in [1.54, 1.807) is 4.90 Å². The maximum absolute atomic E-state index is 12.8. The summed E-state index contributed by atoms with van der Waals surface area (Å²) >= 11 is 0. The summed E-state index contributed by atoms with van der Waals surface area (Å²) in [5.41, 5.74) is 5.13. The van der Waals surface area contributed by atoms with E-state index >= 15 is 0 Å². The minimum Gasteiger partial charge on any atom is -0.363 e. The third kappa shape index (κ3) is 2.80. The summed E-state index contributed by atoms with van der Waals surface area (Å²) in [7, 11) is 0. The van der Waals surface area contributed by atoms with Gasteiger partial charge in [0.1, 0.15) is 6.04 Å². The highest BCUT2D eigenvalue weighted by Crippen LogP contribution is 2.64. The molecule has 0 bridgehead atoms. The number of Topliss-reactive ketones (excluding diaryl/α,β-unsaturated/α-hetero) is 1. The van der Waals surface area contributed by atoms with Crippen LogP contribution < -0.4 is 11.1 Å². The summed E-state index contributed by atoms with van der Waals surface area (Å²) in [4.78, 5) is 49.5. The summed E-state index contributed by atoms with van der Waals surface area (Å²) in [6, 6.07) is -1.44. The number of hydrogen-bond donors (Lipinski definition) is 2. The van der Waals surface area contributed by atoms with E-state index in [9.17, 15) is 19.2 Å². The van der Waals surface area contributed by atoms with E-state index in [0.29, 0.717) is 24.8 Å². The summed E-state index contributed by atoms with van der Waals surface area (Å²) < 4.78 is 0. The molecule has 7 nitrogen and oxygen atoms in total. The second-order valence-corrected chi connectivity index (χ2v) is 8.04. The SMILES string of the molecule is CC(=O)N1C[C@H]2[C@@H]([C@H]1C(=O)NC(CC1CC1)C(=O)C(N)=O)C2(C)C. The van der Waals surface area contributed by atoms with Crippen molar-refractivity contribution in [2.45, 2.75) is 52.1 Å². The molecule has 1 heterocycles. The Balaban J connectivity index is 1.74. The van der Waals surface area contributed by atoms with Crippen molar-refractivity contribution in [1.82, 2.24) is 10.2 Å². The van der Waals surface area contributed by atoms with Crippen molar-refractivity contribution in [2.75, 3.05) is 6.54 Å².